The van der Waals surface area contributed by atoms with Crippen LogP contribution in [-0.2, 0) is 4.74 Å². The van der Waals surface area contributed by atoms with E-state index in [1.54, 1.807) is 7.05 Å². The number of rotatable bonds is 5. The number of benzene rings is 1. The molecular formula is C14H19F2NO2. The van der Waals surface area contributed by atoms with E-state index in [9.17, 15) is 8.78 Å². The lowest BCUT2D eigenvalue weighted by molar-refractivity contribution is 0.0946. The van der Waals surface area contributed by atoms with Gasteiger partial charge in [0.2, 0.25) is 0 Å². The van der Waals surface area contributed by atoms with Gasteiger partial charge >= 0.3 is 0 Å². The van der Waals surface area contributed by atoms with E-state index in [1.165, 1.54) is 19.2 Å². The van der Waals surface area contributed by atoms with Crippen LogP contribution in [0.25, 0.3) is 0 Å². The largest absolute Gasteiger partial charge is 0.497 e. The third-order valence-electron chi connectivity index (χ3n) is 3.51. The molecular weight excluding hydrogens is 252 g/mol. The summed E-state index contributed by atoms with van der Waals surface area (Å²) in [7, 11) is 3.08. The Bertz CT molecular complexity index is 410. The molecule has 0 saturated carbocycles. The van der Waals surface area contributed by atoms with Crippen LogP contribution in [-0.4, -0.2) is 26.9 Å². The highest BCUT2D eigenvalue weighted by molar-refractivity contribution is 5.32. The van der Waals surface area contributed by atoms with E-state index < -0.39 is 17.7 Å². The maximum Gasteiger partial charge on any atom is 0.134 e. The number of hydrogen-bond acceptors (Lipinski definition) is 3. The van der Waals surface area contributed by atoms with Crippen molar-refractivity contribution in [3.63, 3.8) is 0 Å². The van der Waals surface area contributed by atoms with E-state index in [0.29, 0.717) is 6.42 Å². The predicted octanol–water partition coefficient (Wildman–Crippen LogP) is 2.80. The van der Waals surface area contributed by atoms with E-state index in [1.807, 2.05) is 0 Å². The van der Waals surface area contributed by atoms with E-state index in [0.717, 1.165) is 19.4 Å². The highest BCUT2D eigenvalue weighted by Crippen LogP contribution is 2.30. The zero-order valence-electron chi connectivity index (χ0n) is 11.2. The molecule has 0 spiro atoms. The van der Waals surface area contributed by atoms with Gasteiger partial charge in [-0.3, -0.25) is 0 Å². The van der Waals surface area contributed by atoms with Gasteiger partial charge in [0, 0.05) is 30.3 Å². The van der Waals surface area contributed by atoms with Gasteiger partial charge in [-0.2, -0.15) is 0 Å². The molecule has 0 aliphatic carbocycles. The van der Waals surface area contributed by atoms with Gasteiger partial charge in [-0.05, 0) is 26.3 Å². The Morgan fingerprint density at radius 2 is 2.11 bits per heavy atom. The molecule has 1 aliphatic rings. The van der Waals surface area contributed by atoms with Gasteiger partial charge < -0.3 is 14.8 Å². The standard InChI is InChI=1S/C14H19F2NO2/c1-17-13(8-9-4-3-5-19-9)14-11(15)6-10(18-2)7-12(14)16/h6-7,9,13,17H,3-5,8H2,1-2H3. The van der Waals surface area contributed by atoms with Crippen LogP contribution in [0, 0.1) is 11.6 Å². The summed E-state index contributed by atoms with van der Waals surface area (Å²) in [4.78, 5) is 0. The SMILES string of the molecule is CNC(CC1CCCO1)c1c(F)cc(OC)cc1F. The van der Waals surface area contributed by atoms with Crippen molar-refractivity contribution >= 4 is 0 Å². The Hall–Kier alpha value is -1.20. The lowest BCUT2D eigenvalue weighted by Gasteiger charge is -2.21. The van der Waals surface area contributed by atoms with Crippen molar-refractivity contribution in [3.05, 3.63) is 29.3 Å². The molecule has 2 rings (SSSR count). The maximum atomic E-state index is 14.0. The van der Waals surface area contributed by atoms with Gasteiger partial charge in [0.15, 0.2) is 0 Å². The van der Waals surface area contributed by atoms with Gasteiger partial charge in [-0.25, -0.2) is 8.78 Å². The molecule has 0 amide bonds. The van der Waals surface area contributed by atoms with Crippen LogP contribution in [0.5, 0.6) is 5.75 Å². The van der Waals surface area contributed by atoms with Crippen molar-refractivity contribution in [1.29, 1.82) is 0 Å². The molecule has 0 aromatic heterocycles. The minimum atomic E-state index is -0.589. The summed E-state index contributed by atoms with van der Waals surface area (Å²) in [6, 6.07) is 2.02. The Kier molecular flexibility index (Phi) is 4.71. The first kappa shape index (κ1) is 14.2. The Morgan fingerprint density at radius 1 is 1.42 bits per heavy atom. The Morgan fingerprint density at radius 3 is 2.58 bits per heavy atom. The summed E-state index contributed by atoms with van der Waals surface area (Å²) in [5, 5.41) is 2.96. The zero-order chi connectivity index (χ0) is 13.8. The predicted molar refractivity (Wildman–Crippen MR) is 68.3 cm³/mol. The van der Waals surface area contributed by atoms with Crippen LogP contribution in [0.3, 0.4) is 0 Å². The minimum absolute atomic E-state index is 0.0544. The van der Waals surface area contributed by atoms with Crippen molar-refractivity contribution in [3.8, 4) is 5.75 Å². The fourth-order valence-corrected chi connectivity index (χ4v) is 2.48. The molecule has 1 heterocycles. The van der Waals surface area contributed by atoms with Crippen molar-refractivity contribution in [1.82, 2.24) is 5.32 Å². The quantitative estimate of drug-likeness (QED) is 0.893. The molecule has 1 aromatic rings. The summed E-state index contributed by atoms with van der Waals surface area (Å²) in [6.45, 7) is 0.731. The van der Waals surface area contributed by atoms with Crippen LogP contribution >= 0.6 is 0 Å². The van der Waals surface area contributed by atoms with Crippen molar-refractivity contribution in [2.24, 2.45) is 0 Å². The average Bonchev–Trinajstić information content (AvgIpc) is 2.89. The molecule has 1 aliphatic heterocycles. The first-order chi connectivity index (χ1) is 9.15. The number of hydrogen-bond donors (Lipinski definition) is 1. The summed E-state index contributed by atoms with van der Waals surface area (Å²) >= 11 is 0. The number of nitrogens with one attached hydrogen (secondary N) is 1. The van der Waals surface area contributed by atoms with Crippen LogP contribution in [0.4, 0.5) is 8.78 Å². The second-order valence-corrected chi connectivity index (χ2v) is 4.72. The van der Waals surface area contributed by atoms with Crippen molar-refractivity contribution in [2.75, 3.05) is 20.8 Å². The zero-order valence-corrected chi connectivity index (χ0v) is 11.2. The minimum Gasteiger partial charge on any atom is -0.497 e. The summed E-state index contributed by atoms with van der Waals surface area (Å²) in [6.07, 6.45) is 2.58. The molecule has 1 fully saturated rings. The fraction of sp³-hybridized carbons (Fsp3) is 0.571. The van der Waals surface area contributed by atoms with Gasteiger partial charge in [0.25, 0.3) is 0 Å². The van der Waals surface area contributed by atoms with Crippen molar-refractivity contribution in [2.45, 2.75) is 31.4 Å². The van der Waals surface area contributed by atoms with Gasteiger partial charge in [0.05, 0.1) is 13.2 Å². The molecule has 19 heavy (non-hydrogen) atoms. The van der Waals surface area contributed by atoms with Crippen LogP contribution in [0.2, 0.25) is 0 Å². The molecule has 5 heteroatoms. The number of halogens is 2. The average molecular weight is 271 g/mol. The lowest BCUT2D eigenvalue weighted by Crippen LogP contribution is -2.24. The summed E-state index contributed by atoms with van der Waals surface area (Å²) < 4.78 is 38.4. The molecule has 0 radical (unpaired) electrons. The maximum absolute atomic E-state index is 14.0. The molecule has 1 aromatic carbocycles. The Labute approximate surface area is 111 Å². The fourth-order valence-electron chi connectivity index (χ4n) is 2.48. The summed E-state index contributed by atoms with van der Waals surface area (Å²) in [5.74, 6) is -0.992. The molecule has 2 atom stereocenters. The summed E-state index contributed by atoms with van der Waals surface area (Å²) in [5.41, 5.74) is 0.0544. The molecule has 1 saturated heterocycles. The smallest absolute Gasteiger partial charge is 0.134 e. The first-order valence-electron chi connectivity index (χ1n) is 6.47. The second kappa shape index (κ2) is 6.30. The molecule has 3 nitrogen and oxygen atoms in total. The van der Waals surface area contributed by atoms with Crippen LogP contribution in [0.15, 0.2) is 12.1 Å². The molecule has 2 unspecified atom stereocenters. The van der Waals surface area contributed by atoms with E-state index >= 15 is 0 Å². The third-order valence-corrected chi connectivity index (χ3v) is 3.51. The lowest BCUT2D eigenvalue weighted by atomic mass is 9.98. The normalized spacial score (nSPS) is 20.5. The van der Waals surface area contributed by atoms with Gasteiger partial charge in [0.1, 0.15) is 17.4 Å². The first-order valence-corrected chi connectivity index (χ1v) is 6.47. The highest BCUT2D eigenvalue weighted by atomic mass is 19.1. The van der Waals surface area contributed by atoms with Gasteiger partial charge in [-0.15, -0.1) is 0 Å². The number of methoxy groups -OCH3 is 1. The monoisotopic (exact) mass is 271 g/mol. The molecule has 0 bridgehead atoms. The Balaban J connectivity index is 2.21. The van der Waals surface area contributed by atoms with Crippen molar-refractivity contribution < 1.29 is 18.3 Å². The second-order valence-electron chi connectivity index (χ2n) is 4.72. The van der Waals surface area contributed by atoms with E-state index in [-0.39, 0.29) is 17.4 Å². The molecule has 106 valence electrons. The topological polar surface area (TPSA) is 30.5 Å². The van der Waals surface area contributed by atoms with E-state index in [2.05, 4.69) is 5.32 Å². The van der Waals surface area contributed by atoms with E-state index in [4.69, 9.17) is 9.47 Å². The van der Waals surface area contributed by atoms with Gasteiger partial charge in [-0.1, -0.05) is 0 Å². The molecule has 1 N–H and O–H groups in total. The van der Waals surface area contributed by atoms with Crippen LogP contribution in [0.1, 0.15) is 30.9 Å². The third kappa shape index (κ3) is 3.22. The highest BCUT2D eigenvalue weighted by Gasteiger charge is 2.25. The number of ether oxygens (including phenoxy) is 2. The van der Waals surface area contributed by atoms with Crippen LogP contribution < -0.4 is 10.1 Å².